The second-order valence-corrected chi connectivity index (χ2v) is 7.10. The SMILES string of the molecule is CCCCCCCCC/C=C/CCCNc1cccc(CC(=O)Cl)c1. The molecular formula is C22H34ClNO. The summed E-state index contributed by atoms with van der Waals surface area (Å²) in [5.41, 5.74) is 2.02. The summed E-state index contributed by atoms with van der Waals surface area (Å²) in [6, 6.07) is 7.91. The van der Waals surface area contributed by atoms with Crippen LogP contribution in [0.15, 0.2) is 36.4 Å². The van der Waals surface area contributed by atoms with Crippen molar-refractivity contribution in [3.05, 3.63) is 42.0 Å². The van der Waals surface area contributed by atoms with Crippen LogP contribution in [0.4, 0.5) is 5.69 Å². The average molecular weight is 364 g/mol. The van der Waals surface area contributed by atoms with E-state index in [1.807, 2.05) is 24.3 Å². The lowest BCUT2D eigenvalue weighted by molar-refractivity contribution is -0.111. The number of carbonyl (C=O) groups excluding carboxylic acids is 1. The van der Waals surface area contributed by atoms with Crippen LogP contribution in [0, 0.1) is 0 Å². The van der Waals surface area contributed by atoms with Gasteiger partial charge in [-0.15, -0.1) is 0 Å². The number of rotatable bonds is 15. The van der Waals surface area contributed by atoms with Gasteiger partial charge < -0.3 is 5.32 Å². The molecule has 140 valence electrons. The van der Waals surface area contributed by atoms with Gasteiger partial charge in [-0.25, -0.2) is 0 Å². The quantitative estimate of drug-likeness (QED) is 0.209. The average Bonchev–Trinajstić information content (AvgIpc) is 2.59. The maximum atomic E-state index is 10.9. The number of hydrogen-bond acceptors (Lipinski definition) is 2. The van der Waals surface area contributed by atoms with Crippen molar-refractivity contribution in [1.29, 1.82) is 0 Å². The van der Waals surface area contributed by atoms with Gasteiger partial charge >= 0.3 is 0 Å². The van der Waals surface area contributed by atoms with Gasteiger partial charge in [0.05, 0.1) is 0 Å². The Morgan fingerprint density at radius 1 is 1.00 bits per heavy atom. The number of halogens is 1. The van der Waals surface area contributed by atoms with Gasteiger partial charge in [-0.3, -0.25) is 4.79 Å². The number of benzene rings is 1. The van der Waals surface area contributed by atoms with E-state index < -0.39 is 0 Å². The van der Waals surface area contributed by atoms with E-state index in [-0.39, 0.29) is 5.24 Å². The third-order valence-corrected chi connectivity index (χ3v) is 4.42. The molecule has 0 fully saturated rings. The van der Waals surface area contributed by atoms with Crippen LogP contribution in [-0.4, -0.2) is 11.8 Å². The Kier molecular flexibility index (Phi) is 13.1. The maximum Gasteiger partial charge on any atom is 0.226 e. The molecule has 0 heterocycles. The Balaban J connectivity index is 2.00. The van der Waals surface area contributed by atoms with Gasteiger partial charge in [0.25, 0.3) is 0 Å². The summed E-state index contributed by atoms with van der Waals surface area (Å²) < 4.78 is 0. The number of unbranched alkanes of at least 4 members (excludes halogenated alkanes) is 8. The second kappa shape index (κ2) is 15.0. The van der Waals surface area contributed by atoms with Crippen molar-refractivity contribution >= 4 is 22.5 Å². The van der Waals surface area contributed by atoms with Gasteiger partial charge in [-0.05, 0) is 55.0 Å². The first kappa shape index (κ1) is 21.8. The minimum atomic E-state index is -0.316. The molecule has 1 N–H and O–H groups in total. The molecule has 0 spiro atoms. The van der Waals surface area contributed by atoms with E-state index in [1.165, 1.54) is 51.4 Å². The van der Waals surface area contributed by atoms with Crippen molar-refractivity contribution in [3.8, 4) is 0 Å². The summed E-state index contributed by atoms with van der Waals surface area (Å²) in [6.07, 6.45) is 18.0. The molecule has 0 aliphatic heterocycles. The summed E-state index contributed by atoms with van der Waals surface area (Å²) in [6.45, 7) is 3.21. The van der Waals surface area contributed by atoms with Gasteiger partial charge in [-0.1, -0.05) is 69.7 Å². The monoisotopic (exact) mass is 363 g/mol. The zero-order valence-corrected chi connectivity index (χ0v) is 16.5. The molecule has 1 rings (SSSR count). The van der Waals surface area contributed by atoms with Crippen LogP contribution < -0.4 is 5.32 Å². The molecule has 0 bridgehead atoms. The molecule has 0 amide bonds. The predicted octanol–water partition coefficient (Wildman–Crippen LogP) is 6.88. The van der Waals surface area contributed by atoms with Crippen LogP contribution in [0.3, 0.4) is 0 Å². The van der Waals surface area contributed by atoms with E-state index in [0.29, 0.717) is 6.42 Å². The molecule has 0 aromatic heterocycles. The summed E-state index contributed by atoms with van der Waals surface area (Å²) >= 11 is 5.43. The molecule has 1 aromatic rings. The Hall–Kier alpha value is -1.28. The number of hydrogen-bond donors (Lipinski definition) is 1. The molecule has 25 heavy (non-hydrogen) atoms. The highest BCUT2D eigenvalue weighted by Gasteiger charge is 2.00. The van der Waals surface area contributed by atoms with Crippen LogP contribution in [-0.2, 0) is 11.2 Å². The van der Waals surface area contributed by atoms with Crippen molar-refractivity contribution in [1.82, 2.24) is 0 Å². The van der Waals surface area contributed by atoms with Gasteiger partial charge in [0.15, 0.2) is 0 Å². The van der Waals surface area contributed by atoms with Gasteiger partial charge in [-0.2, -0.15) is 0 Å². The molecule has 0 aliphatic rings. The number of carbonyl (C=O) groups is 1. The smallest absolute Gasteiger partial charge is 0.226 e. The first-order valence-electron chi connectivity index (χ1n) is 9.88. The van der Waals surface area contributed by atoms with Crippen molar-refractivity contribution in [2.45, 2.75) is 77.6 Å². The minimum Gasteiger partial charge on any atom is -0.385 e. The van der Waals surface area contributed by atoms with Crippen LogP contribution in [0.2, 0.25) is 0 Å². The highest BCUT2D eigenvalue weighted by Crippen LogP contribution is 2.12. The minimum absolute atomic E-state index is 0.290. The lowest BCUT2D eigenvalue weighted by Crippen LogP contribution is -2.02. The van der Waals surface area contributed by atoms with Crippen LogP contribution in [0.1, 0.15) is 76.7 Å². The van der Waals surface area contributed by atoms with E-state index in [9.17, 15) is 4.79 Å². The standard InChI is InChI=1S/C22H34ClNO/c1-2-3-4-5-6-7-8-9-10-11-12-13-17-24-21-16-14-15-20(18-21)19-22(23)25/h10-11,14-16,18,24H,2-9,12-13,17,19H2,1H3/b11-10+. The zero-order chi connectivity index (χ0) is 18.2. The summed E-state index contributed by atoms with van der Waals surface area (Å²) in [7, 11) is 0. The number of allylic oxidation sites excluding steroid dienone is 2. The largest absolute Gasteiger partial charge is 0.385 e. The lowest BCUT2D eigenvalue weighted by Gasteiger charge is -2.07. The first-order valence-corrected chi connectivity index (χ1v) is 10.3. The zero-order valence-electron chi connectivity index (χ0n) is 15.7. The number of anilines is 1. The Bertz CT molecular complexity index is 499. The van der Waals surface area contributed by atoms with Crippen LogP contribution >= 0.6 is 11.6 Å². The van der Waals surface area contributed by atoms with E-state index >= 15 is 0 Å². The van der Waals surface area contributed by atoms with Crippen molar-refractivity contribution < 1.29 is 4.79 Å². The molecule has 0 atom stereocenters. The molecule has 0 aliphatic carbocycles. The fourth-order valence-electron chi connectivity index (χ4n) is 2.86. The topological polar surface area (TPSA) is 29.1 Å². The van der Waals surface area contributed by atoms with Gasteiger partial charge in [0.1, 0.15) is 0 Å². The molecule has 0 saturated carbocycles. The van der Waals surface area contributed by atoms with Gasteiger partial charge in [0, 0.05) is 18.7 Å². The molecule has 1 aromatic carbocycles. The van der Waals surface area contributed by atoms with Crippen LogP contribution in [0.5, 0.6) is 0 Å². The summed E-state index contributed by atoms with van der Waals surface area (Å²) in [5, 5.41) is 3.09. The summed E-state index contributed by atoms with van der Waals surface area (Å²) in [4.78, 5) is 10.9. The first-order chi connectivity index (χ1) is 12.2. The summed E-state index contributed by atoms with van der Waals surface area (Å²) in [5.74, 6) is 0. The molecular weight excluding hydrogens is 330 g/mol. The fraction of sp³-hybridized carbons (Fsp3) is 0.591. The Labute approximate surface area is 159 Å². The third-order valence-electron chi connectivity index (χ3n) is 4.29. The highest BCUT2D eigenvalue weighted by atomic mass is 35.5. The van der Waals surface area contributed by atoms with E-state index in [2.05, 4.69) is 24.4 Å². The second-order valence-electron chi connectivity index (χ2n) is 6.68. The Morgan fingerprint density at radius 3 is 2.40 bits per heavy atom. The maximum absolute atomic E-state index is 10.9. The van der Waals surface area contributed by atoms with Gasteiger partial charge in [0.2, 0.25) is 5.24 Å². The van der Waals surface area contributed by atoms with Crippen molar-refractivity contribution in [2.75, 3.05) is 11.9 Å². The Morgan fingerprint density at radius 2 is 1.68 bits per heavy atom. The molecule has 3 heteroatoms. The molecule has 0 saturated heterocycles. The van der Waals surface area contributed by atoms with E-state index in [0.717, 1.165) is 30.6 Å². The normalized spacial score (nSPS) is 11.1. The van der Waals surface area contributed by atoms with E-state index in [4.69, 9.17) is 11.6 Å². The molecule has 2 nitrogen and oxygen atoms in total. The van der Waals surface area contributed by atoms with Crippen LogP contribution in [0.25, 0.3) is 0 Å². The lowest BCUT2D eigenvalue weighted by atomic mass is 10.1. The number of nitrogens with one attached hydrogen (secondary N) is 1. The third kappa shape index (κ3) is 12.7. The van der Waals surface area contributed by atoms with Crippen molar-refractivity contribution in [2.24, 2.45) is 0 Å². The van der Waals surface area contributed by atoms with E-state index in [1.54, 1.807) is 0 Å². The van der Waals surface area contributed by atoms with Crippen molar-refractivity contribution in [3.63, 3.8) is 0 Å². The molecule has 0 radical (unpaired) electrons. The fourth-order valence-corrected chi connectivity index (χ4v) is 3.01. The predicted molar refractivity (Wildman–Crippen MR) is 110 cm³/mol. The molecule has 0 unspecified atom stereocenters. The highest BCUT2D eigenvalue weighted by molar-refractivity contribution is 6.63.